The molecule has 140 valence electrons. The third kappa shape index (κ3) is 3.14. The van der Waals surface area contributed by atoms with Crippen molar-refractivity contribution in [3.63, 3.8) is 0 Å². The molecule has 1 saturated heterocycles. The van der Waals surface area contributed by atoms with Gasteiger partial charge in [0.25, 0.3) is 11.8 Å². The molecule has 0 saturated carbocycles. The zero-order valence-electron chi connectivity index (χ0n) is 15.5. The topological polar surface area (TPSA) is 49.9 Å². The van der Waals surface area contributed by atoms with Gasteiger partial charge in [-0.1, -0.05) is 19.1 Å². The number of carbonyl (C=O) groups is 2. The average Bonchev–Trinajstić information content (AvgIpc) is 3.28. The van der Waals surface area contributed by atoms with E-state index in [0.29, 0.717) is 28.6 Å². The van der Waals surface area contributed by atoms with Crippen LogP contribution in [0.3, 0.4) is 0 Å². The molecule has 0 aliphatic carbocycles. The van der Waals surface area contributed by atoms with Crippen molar-refractivity contribution < 1.29 is 14.3 Å². The zero-order valence-corrected chi connectivity index (χ0v) is 16.3. The number of carbonyl (C=O) groups excluding carboxylic acids is 2. The minimum absolute atomic E-state index is 0.245. The van der Waals surface area contributed by atoms with Crippen LogP contribution in [0.15, 0.2) is 47.5 Å². The van der Waals surface area contributed by atoms with Crippen LogP contribution in [0.1, 0.15) is 24.6 Å². The van der Waals surface area contributed by atoms with Crippen LogP contribution in [-0.2, 0) is 9.59 Å². The van der Waals surface area contributed by atoms with Gasteiger partial charge in [-0.05, 0) is 42.3 Å². The second-order valence-corrected chi connectivity index (χ2v) is 7.99. The van der Waals surface area contributed by atoms with Crippen LogP contribution < -0.4 is 9.64 Å². The molecule has 4 rings (SSSR count). The Morgan fingerprint density at radius 3 is 2.70 bits per heavy atom. The fraction of sp³-hybridized carbons (Fsp3) is 0.333. The fourth-order valence-corrected chi connectivity index (χ4v) is 4.59. The number of rotatable bonds is 4. The van der Waals surface area contributed by atoms with Gasteiger partial charge in [-0.3, -0.25) is 9.59 Å². The standard InChI is InChI=1S/C21H22N2O3S/c1-14-6-4-10-22(13-14)19-18(17-9-5-11-27-17)20(24)23(21(19)25)15-7-3-8-16(12-15)26-2/h3,5,7-9,11-12,14H,4,6,10,13H2,1-2H3. The first kappa shape index (κ1) is 17.8. The van der Waals surface area contributed by atoms with Crippen molar-refractivity contribution in [3.05, 3.63) is 52.4 Å². The molecule has 3 heterocycles. The normalized spacial score (nSPS) is 20.6. The molecule has 6 heteroatoms. The number of imide groups is 1. The Morgan fingerprint density at radius 2 is 2.00 bits per heavy atom. The van der Waals surface area contributed by atoms with Crippen LogP contribution in [0.4, 0.5) is 5.69 Å². The number of methoxy groups -OCH3 is 1. The molecule has 1 aromatic carbocycles. The summed E-state index contributed by atoms with van der Waals surface area (Å²) < 4.78 is 5.27. The Morgan fingerprint density at radius 1 is 1.15 bits per heavy atom. The number of thiophene rings is 1. The van der Waals surface area contributed by atoms with Gasteiger partial charge in [-0.15, -0.1) is 11.3 Å². The summed E-state index contributed by atoms with van der Waals surface area (Å²) in [5.41, 5.74) is 1.60. The van der Waals surface area contributed by atoms with Crippen LogP contribution in [0.25, 0.3) is 5.57 Å². The minimum atomic E-state index is -0.260. The first-order valence-corrected chi connectivity index (χ1v) is 10.0. The molecule has 2 aliphatic rings. The lowest BCUT2D eigenvalue weighted by atomic mass is 9.99. The van der Waals surface area contributed by atoms with Crippen molar-refractivity contribution in [2.24, 2.45) is 5.92 Å². The van der Waals surface area contributed by atoms with Crippen molar-refractivity contribution in [3.8, 4) is 5.75 Å². The number of hydrogen-bond donors (Lipinski definition) is 0. The molecule has 0 spiro atoms. The quantitative estimate of drug-likeness (QED) is 0.756. The summed E-state index contributed by atoms with van der Waals surface area (Å²) >= 11 is 1.49. The lowest BCUT2D eigenvalue weighted by Crippen LogP contribution is -2.39. The van der Waals surface area contributed by atoms with E-state index >= 15 is 0 Å². The number of hydrogen-bond acceptors (Lipinski definition) is 5. The summed E-state index contributed by atoms with van der Waals surface area (Å²) in [6.45, 7) is 3.80. The SMILES string of the molecule is COc1cccc(N2C(=O)C(c3cccs3)=C(N3CCCC(C)C3)C2=O)c1. The summed E-state index contributed by atoms with van der Waals surface area (Å²) in [5, 5.41) is 1.94. The fourth-order valence-electron chi connectivity index (χ4n) is 3.83. The summed E-state index contributed by atoms with van der Waals surface area (Å²) in [5.74, 6) is 0.616. The van der Waals surface area contributed by atoms with Gasteiger partial charge in [0, 0.05) is 24.0 Å². The summed E-state index contributed by atoms with van der Waals surface area (Å²) in [6, 6.07) is 10.9. The van der Waals surface area contributed by atoms with E-state index in [4.69, 9.17) is 4.74 Å². The number of ether oxygens (including phenoxy) is 1. The van der Waals surface area contributed by atoms with Gasteiger partial charge in [0.2, 0.25) is 0 Å². The highest BCUT2D eigenvalue weighted by Gasteiger charge is 2.43. The summed E-state index contributed by atoms with van der Waals surface area (Å²) in [6.07, 6.45) is 2.18. The summed E-state index contributed by atoms with van der Waals surface area (Å²) in [4.78, 5) is 31.0. The number of likely N-dealkylation sites (tertiary alicyclic amines) is 1. The maximum Gasteiger partial charge on any atom is 0.282 e. The van der Waals surface area contributed by atoms with E-state index in [2.05, 4.69) is 11.8 Å². The Hall–Kier alpha value is -2.60. The highest BCUT2D eigenvalue weighted by atomic mass is 32.1. The predicted molar refractivity (Wildman–Crippen MR) is 107 cm³/mol. The molecule has 1 aromatic heterocycles. The highest BCUT2D eigenvalue weighted by molar-refractivity contribution is 7.11. The number of anilines is 1. The third-order valence-electron chi connectivity index (χ3n) is 5.11. The maximum atomic E-state index is 13.4. The van der Waals surface area contributed by atoms with Crippen molar-refractivity contribution >= 4 is 34.4 Å². The monoisotopic (exact) mass is 382 g/mol. The first-order chi connectivity index (χ1) is 13.1. The molecule has 5 nitrogen and oxygen atoms in total. The maximum absolute atomic E-state index is 13.4. The largest absolute Gasteiger partial charge is 0.497 e. The number of nitrogens with zero attached hydrogens (tertiary/aromatic N) is 2. The molecule has 0 N–H and O–H groups in total. The molecule has 2 amide bonds. The zero-order chi connectivity index (χ0) is 19.0. The van der Waals surface area contributed by atoms with E-state index in [-0.39, 0.29) is 11.8 Å². The lowest BCUT2D eigenvalue weighted by molar-refractivity contribution is -0.120. The first-order valence-electron chi connectivity index (χ1n) is 9.16. The minimum Gasteiger partial charge on any atom is -0.497 e. The summed E-state index contributed by atoms with van der Waals surface area (Å²) in [7, 11) is 1.57. The van der Waals surface area contributed by atoms with E-state index in [1.807, 2.05) is 17.5 Å². The third-order valence-corrected chi connectivity index (χ3v) is 6.00. The number of benzene rings is 1. The molecule has 2 aromatic rings. The van der Waals surface area contributed by atoms with Crippen LogP contribution in [0.2, 0.25) is 0 Å². The molecule has 1 atom stereocenters. The molecule has 1 unspecified atom stereocenters. The van der Waals surface area contributed by atoms with E-state index < -0.39 is 0 Å². The average molecular weight is 382 g/mol. The second kappa shape index (κ2) is 7.19. The van der Waals surface area contributed by atoms with Gasteiger partial charge in [0.1, 0.15) is 11.4 Å². The van der Waals surface area contributed by atoms with Crippen LogP contribution >= 0.6 is 11.3 Å². The molecular weight excluding hydrogens is 360 g/mol. The van der Waals surface area contributed by atoms with Gasteiger partial charge in [-0.25, -0.2) is 4.90 Å². The Kier molecular flexibility index (Phi) is 4.74. The molecular formula is C21H22N2O3S. The molecule has 0 bridgehead atoms. The molecule has 1 fully saturated rings. The van der Waals surface area contributed by atoms with Crippen LogP contribution in [-0.4, -0.2) is 36.9 Å². The van der Waals surface area contributed by atoms with E-state index in [1.165, 1.54) is 16.2 Å². The van der Waals surface area contributed by atoms with Crippen LogP contribution in [0, 0.1) is 5.92 Å². The van der Waals surface area contributed by atoms with E-state index in [1.54, 1.807) is 31.4 Å². The molecule has 2 aliphatic heterocycles. The Bertz CT molecular complexity index is 904. The smallest absolute Gasteiger partial charge is 0.282 e. The van der Waals surface area contributed by atoms with E-state index in [0.717, 1.165) is 30.8 Å². The van der Waals surface area contributed by atoms with Crippen LogP contribution in [0.5, 0.6) is 5.75 Å². The van der Waals surface area contributed by atoms with Gasteiger partial charge < -0.3 is 9.64 Å². The second-order valence-electron chi connectivity index (χ2n) is 7.04. The Balaban J connectivity index is 1.79. The molecule has 27 heavy (non-hydrogen) atoms. The van der Waals surface area contributed by atoms with Crippen molar-refractivity contribution in [1.29, 1.82) is 0 Å². The number of piperidine rings is 1. The lowest BCUT2D eigenvalue weighted by Gasteiger charge is -2.33. The van der Waals surface area contributed by atoms with Gasteiger partial charge >= 0.3 is 0 Å². The van der Waals surface area contributed by atoms with Gasteiger partial charge in [-0.2, -0.15) is 0 Å². The van der Waals surface area contributed by atoms with Crippen molar-refractivity contribution in [1.82, 2.24) is 4.90 Å². The number of amides is 2. The van der Waals surface area contributed by atoms with Crippen molar-refractivity contribution in [2.45, 2.75) is 19.8 Å². The van der Waals surface area contributed by atoms with Gasteiger partial charge in [0.15, 0.2) is 0 Å². The highest BCUT2D eigenvalue weighted by Crippen LogP contribution is 2.38. The predicted octanol–water partition coefficient (Wildman–Crippen LogP) is 3.77. The molecule has 0 radical (unpaired) electrons. The van der Waals surface area contributed by atoms with Crippen molar-refractivity contribution in [2.75, 3.05) is 25.1 Å². The van der Waals surface area contributed by atoms with E-state index in [9.17, 15) is 9.59 Å². The Labute approximate surface area is 162 Å². The van der Waals surface area contributed by atoms with Gasteiger partial charge in [0.05, 0.1) is 18.4 Å².